The number of imidazole rings is 1. The first-order valence-corrected chi connectivity index (χ1v) is 30.0. The smallest absolute Gasteiger partial charge is 0 e. The molecule has 0 spiro atoms. The van der Waals surface area contributed by atoms with Gasteiger partial charge in [0.25, 0.3) is 0 Å². The van der Waals surface area contributed by atoms with Gasteiger partial charge < -0.3 is 8.98 Å². The van der Waals surface area contributed by atoms with Crippen molar-refractivity contribution in [3.05, 3.63) is 161 Å². The van der Waals surface area contributed by atoms with Crippen molar-refractivity contribution in [1.82, 2.24) is 19.5 Å². The zero-order valence-corrected chi connectivity index (χ0v) is 45.1. The summed E-state index contributed by atoms with van der Waals surface area (Å²) in [5.41, 5.74) is 14.3. The maximum absolute atomic E-state index is 8.80. The van der Waals surface area contributed by atoms with Gasteiger partial charge in [0.1, 0.15) is 5.58 Å². The second-order valence-corrected chi connectivity index (χ2v) is 31.3. The maximum Gasteiger partial charge on any atom is 0 e. The molecular weight excluding hydrogens is 1050 g/mol. The number of aryl methyl sites for hydroxylation is 3. The van der Waals surface area contributed by atoms with E-state index in [0.717, 1.165) is 60.0 Å². The van der Waals surface area contributed by atoms with E-state index in [1.165, 1.54) is 33.9 Å². The molecule has 0 unspecified atom stereocenters. The molecule has 0 aliphatic rings. The van der Waals surface area contributed by atoms with Crippen LogP contribution < -0.4 is 4.40 Å². The topological polar surface area (TPSA) is 56.7 Å². The Labute approximate surface area is 416 Å². The molecule has 9 aromatic rings. The Morgan fingerprint density at radius 1 is 0.833 bits per heavy atom. The maximum atomic E-state index is 8.80. The molecule has 341 valence electrons. The Morgan fingerprint density at radius 2 is 1.58 bits per heavy atom. The van der Waals surface area contributed by atoms with Gasteiger partial charge in [-0.3, -0.25) is 9.97 Å². The first-order chi connectivity index (χ1) is 32.7. The summed E-state index contributed by atoms with van der Waals surface area (Å²) >= 11 is -2.36. The van der Waals surface area contributed by atoms with E-state index >= 15 is 0 Å². The Hall–Kier alpha value is -5.14. The molecule has 7 heteroatoms. The average molecular weight is 1120 g/mol. The van der Waals surface area contributed by atoms with Gasteiger partial charge in [-0.05, 0) is 70.3 Å². The first kappa shape index (κ1) is 42.2. The van der Waals surface area contributed by atoms with Gasteiger partial charge in [-0.25, -0.2) is 0 Å². The molecule has 0 aliphatic heterocycles. The molecule has 0 saturated heterocycles. The summed E-state index contributed by atoms with van der Waals surface area (Å²) < 4.78 is 50.1. The van der Waals surface area contributed by atoms with Gasteiger partial charge in [-0.2, -0.15) is 0 Å². The molecule has 4 heterocycles. The van der Waals surface area contributed by atoms with Crippen LogP contribution in [0.15, 0.2) is 120 Å². The molecule has 4 aromatic heterocycles. The van der Waals surface area contributed by atoms with Gasteiger partial charge in [0.05, 0.1) is 28.6 Å². The number of fused-ring (bicyclic) bond motifs is 4. The first-order valence-electron chi connectivity index (χ1n) is 25.1. The number of furan rings is 1. The molecule has 0 bridgehead atoms. The third kappa shape index (κ3) is 10.1. The fraction of sp³-hybridized carbons (Fsp3) is 0.305. The summed E-state index contributed by atoms with van der Waals surface area (Å²) in [5.74, 6) is 7.77. The van der Waals surface area contributed by atoms with Crippen LogP contribution in [0.5, 0.6) is 0 Å². The number of nitrogens with zero attached hydrogens (tertiary/aromatic N) is 4. The standard InChI is InChI=1S/C39H36N3O.C20H28GeN.Ir/c1-23(2)30-20-27(26-11-9-8-10-12-26)21-31(39(5,6)7)36(30)42-33-22-40-18-17-32(33)41-38(42)29-16-14-25(4)35-28-15-13-24(3)19-34(28)43-37(29)35;1-15-8-10-16(11-9-15)19-12-17(13-20(2,3)4)18(14-22-19)21(5,6)7;/h8-15,17-23H,1-7H3;8-10,12,14H,13H2,1-7H3;/q2*-1;/i;1D3,13D2;. The molecule has 0 saturated carbocycles. The number of benzene rings is 5. The Balaban J connectivity index is 0.000000230. The van der Waals surface area contributed by atoms with Crippen molar-refractivity contribution in [2.45, 2.75) is 111 Å². The average Bonchev–Trinajstić information content (AvgIpc) is 3.87. The van der Waals surface area contributed by atoms with E-state index in [1.54, 1.807) is 12.1 Å². The minimum atomic E-state index is -2.36. The Bertz CT molecular complexity index is 3390. The molecule has 0 N–H and O–H groups in total. The molecule has 0 aliphatic carbocycles. The summed E-state index contributed by atoms with van der Waals surface area (Å²) in [7, 11) is 0. The van der Waals surface area contributed by atoms with Crippen LogP contribution in [0.1, 0.15) is 102 Å². The van der Waals surface area contributed by atoms with E-state index in [2.05, 4.69) is 159 Å². The molecule has 0 amide bonds. The number of rotatable bonds is 7. The number of aromatic nitrogens is 4. The molecule has 5 aromatic carbocycles. The van der Waals surface area contributed by atoms with Crippen LogP contribution in [0.2, 0.25) is 17.3 Å². The van der Waals surface area contributed by atoms with Crippen LogP contribution in [-0.4, -0.2) is 32.8 Å². The third-order valence-corrected chi connectivity index (χ3v) is 16.0. The SMILES string of the molecule is Cc1ccc2c(c1)oc1c(-c3nc4ccncc4n3-c3c(C(C)C)cc(-c4ccccc4)cc3C(C)(C)C)[c-]cc(C)c12.[2H]C([2H])([2H])c1c[c-]c(-c2cc(C([2H])([2H])C(C)(C)C)[c]([Ge]([CH3])([CH3])[CH3])cn2)cc1.[Ir]. The van der Waals surface area contributed by atoms with Gasteiger partial charge in [-0.1, -0.05) is 95.0 Å². The predicted octanol–water partition coefficient (Wildman–Crippen LogP) is 15.5. The van der Waals surface area contributed by atoms with E-state index in [4.69, 9.17) is 16.3 Å². The minimum Gasteiger partial charge on any atom is 0 e. The van der Waals surface area contributed by atoms with E-state index < -0.39 is 31.9 Å². The van der Waals surface area contributed by atoms with Gasteiger partial charge in [0, 0.05) is 37.4 Å². The second kappa shape index (κ2) is 18.9. The zero-order chi connectivity index (χ0) is 50.9. The fourth-order valence-electron chi connectivity index (χ4n) is 8.58. The van der Waals surface area contributed by atoms with Crippen LogP contribution in [0.25, 0.3) is 72.4 Å². The van der Waals surface area contributed by atoms with Crippen LogP contribution in [0, 0.1) is 38.2 Å². The van der Waals surface area contributed by atoms with E-state index in [9.17, 15) is 0 Å². The summed E-state index contributed by atoms with van der Waals surface area (Å²) in [6.45, 7) is 19.2. The van der Waals surface area contributed by atoms with Crippen molar-refractivity contribution in [2.75, 3.05) is 0 Å². The fourth-order valence-corrected chi connectivity index (χ4v) is 11.5. The third-order valence-electron chi connectivity index (χ3n) is 11.8. The number of hydrogen-bond donors (Lipinski definition) is 0. The normalized spacial score (nSPS) is 13.7. The predicted molar refractivity (Wildman–Crippen MR) is 277 cm³/mol. The van der Waals surface area contributed by atoms with Crippen LogP contribution in [0.4, 0.5) is 0 Å². The second-order valence-electron chi connectivity index (χ2n) is 20.8. The quantitative estimate of drug-likeness (QED) is 0.118. The Morgan fingerprint density at radius 3 is 2.23 bits per heavy atom. The van der Waals surface area contributed by atoms with E-state index in [0.29, 0.717) is 16.8 Å². The molecule has 1 radical (unpaired) electrons. The molecule has 9 rings (SSSR count). The van der Waals surface area contributed by atoms with Crippen LogP contribution in [0.3, 0.4) is 0 Å². The molecule has 0 fully saturated rings. The molecule has 66 heavy (non-hydrogen) atoms. The molecular formula is C59H64GeIrN4O-2. The van der Waals surface area contributed by atoms with Gasteiger partial charge in [-0.15, -0.1) is 17.7 Å². The Kier molecular flexibility index (Phi) is 12.1. The summed E-state index contributed by atoms with van der Waals surface area (Å²) in [6, 6.07) is 39.0. The van der Waals surface area contributed by atoms with Gasteiger partial charge in [0.15, 0.2) is 0 Å². The van der Waals surface area contributed by atoms with Crippen LogP contribution >= 0.6 is 0 Å². The monoisotopic (exact) mass is 1120 g/mol. The van der Waals surface area contributed by atoms with Crippen LogP contribution in [-0.2, 0) is 31.9 Å². The summed E-state index contributed by atoms with van der Waals surface area (Å²) in [6.07, 6.45) is 4.05. The van der Waals surface area contributed by atoms with Gasteiger partial charge in [0.2, 0.25) is 0 Å². The van der Waals surface area contributed by atoms with Crippen molar-refractivity contribution >= 4 is 50.6 Å². The van der Waals surface area contributed by atoms with Crippen molar-refractivity contribution in [1.29, 1.82) is 0 Å². The number of pyridine rings is 2. The van der Waals surface area contributed by atoms with E-state index in [1.807, 2.05) is 51.5 Å². The summed E-state index contributed by atoms with van der Waals surface area (Å²) in [5, 5.41) is 2.23. The van der Waals surface area contributed by atoms with Crippen molar-refractivity contribution in [3.63, 3.8) is 0 Å². The minimum absolute atomic E-state index is 0. The number of hydrogen-bond acceptors (Lipinski definition) is 4. The largest absolute Gasteiger partial charge is 0 e. The summed E-state index contributed by atoms with van der Waals surface area (Å²) in [4.78, 5) is 14.4. The molecule has 5 nitrogen and oxygen atoms in total. The zero-order valence-electron chi connectivity index (χ0n) is 45.6. The van der Waals surface area contributed by atoms with E-state index in [-0.39, 0.29) is 37.0 Å². The molecule has 0 atom stereocenters. The van der Waals surface area contributed by atoms with Crippen molar-refractivity contribution in [3.8, 4) is 39.5 Å². The van der Waals surface area contributed by atoms with Gasteiger partial charge >= 0.3 is 145 Å². The van der Waals surface area contributed by atoms with Crippen molar-refractivity contribution < 1.29 is 31.4 Å². The van der Waals surface area contributed by atoms with Crippen molar-refractivity contribution in [2.24, 2.45) is 5.41 Å².